The summed E-state index contributed by atoms with van der Waals surface area (Å²) in [7, 11) is 0. The number of thioether (sulfide) groups is 1. The zero-order chi connectivity index (χ0) is 25.9. The van der Waals surface area contributed by atoms with Gasteiger partial charge in [0.15, 0.2) is 5.16 Å². The second kappa shape index (κ2) is 10.9. The third-order valence-electron chi connectivity index (χ3n) is 6.43. The molecule has 2 heterocycles. The molecule has 2 aromatic heterocycles. The number of hydrazone groups is 1. The zero-order valence-electron chi connectivity index (χ0n) is 20.8. The molecular formula is C28H28N4O3S2. The van der Waals surface area contributed by atoms with Crippen molar-refractivity contribution in [2.24, 2.45) is 5.10 Å². The number of carbonyl (C=O) groups excluding carboxylic acids is 1. The number of nitrogens with zero attached hydrogens (tertiary/aromatic N) is 3. The van der Waals surface area contributed by atoms with Crippen LogP contribution in [0.4, 0.5) is 0 Å². The van der Waals surface area contributed by atoms with Gasteiger partial charge in [0.25, 0.3) is 11.5 Å². The van der Waals surface area contributed by atoms with Crippen LogP contribution in [0, 0.1) is 6.92 Å². The maximum atomic E-state index is 13.8. The van der Waals surface area contributed by atoms with Crippen molar-refractivity contribution in [3.8, 4) is 11.4 Å². The van der Waals surface area contributed by atoms with Crippen molar-refractivity contribution in [3.63, 3.8) is 0 Å². The lowest BCUT2D eigenvalue weighted by Crippen LogP contribution is -2.25. The van der Waals surface area contributed by atoms with E-state index in [2.05, 4.69) is 10.5 Å². The number of benzene rings is 2. The summed E-state index contributed by atoms with van der Waals surface area (Å²) in [5, 5.41) is 15.0. The van der Waals surface area contributed by atoms with Crippen LogP contribution in [0.15, 0.2) is 63.6 Å². The van der Waals surface area contributed by atoms with Gasteiger partial charge in [-0.25, -0.2) is 10.4 Å². The average molecular weight is 533 g/mol. The molecule has 9 heteroatoms. The van der Waals surface area contributed by atoms with Crippen LogP contribution < -0.4 is 11.0 Å². The second-order valence-corrected chi connectivity index (χ2v) is 11.1. The first-order valence-electron chi connectivity index (χ1n) is 12.4. The van der Waals surface area contributed by atoms with Crippen molar-refractivity contribution in [3.05, 3.63) is 80.5 Å². The highest BCUT2D eigenvalue weighted by molar-refractivity contribution is 7.99. The average Bonchev–Trinajstić information content (AvgIpc) is 3.28. The van der Waals surface area contributed by atoms with Gasteiger partial charge in [0.1, 0.15) is 10.6 Å². The Morgan fingerprint density at radius 1 is 1.14 bits per heavy atom. The summed E-state index contributed by atoms with van der Waals surface area (Å²) in [5.74, 6) is -0.0503. The summed E-state index contributed by atoms with van der Waals surface area (Å²) in [6.07, 6.45) is 4.74. The number of aromatic nitrogens is 2. The minimum absolute atomic E-state index is 0.0605. The fraction of sp³-hybridized carbons (Fsp3) is 0.286. The summed E-state index contributed by atoms with van der Waals surface area (Å²) >= 11 is 2.84. The van der Waals surface area contributed by atoms with Gasteiger partial charge in [0, 0.05) is 4.88 Å². The number of phenolic OH excluding ortho intramolecular Hbond substituents is 1. The molecule has 1 aliphatic rings. The van der Waals surface area contributed by atoms with Gasteiger partial charge >= 0.3 is 0 Å². The molecule has 0 bridgehead atoms. The molecule has 5 rings (SSSR count). The SMILES string of the molecule is CC/C(=N/NC(=O)CSc1nc2sc3c(c2c(=O)n1-c1ccc(C)cc1)CCCC3)c1ccc(O)cc1. The summed E-state index contributed by atoms with van der Waals surface area (Å²) in [6, 6.07) is 14.5. The lowest BCUT2D eigenvalue weighted by atomic mass is 9.97. The number of aryl methyl sites for hydroxylation is 3. The maximum Gasteiger partial charge on any atom is 0.267 e. The summed E-state index contributed by atoms with van der Waals surface area (Å²) in [5.41, 5.74) is 7.08. The summed E-state index contributed by atoms with van der Waals surface area (Å²) in [6.45, 7) is 3.96. The van der Waals surface area contributed by atoms with E-state index in [1.54, 1.807) is 40.2 Å². The molecule has 0 aliphatic heterocycles. The van der Waals surface area contributed by atoms with Gasteiger partial charge in [0.2, 0.25) is 0 Å². The van der Waals surface area contributed by atoms with Gasteiger partial charge in [-0.1, -0.05) is 36.4 Å². The van der Waals surface area contributed by atoms with E-state index in [1.807, 2.05) is 38.1 Å². The maximum absolute atomic E-state index is 13.8. The lowest BCUT2D eigenvalue weighted by molar-refractivity contribution is -0.118. The number of fused-ring (bicyclic) bond motifs is 3. The fourth-order valence-electron chi connectivity index (χ4n) is 4.50. The largest absolute Gasteiger partial charge is 0.508 e. The third kappa shape index (κ3) is 5.33. The first-order chi connectivity index (χ1) is 17.9. The molecular weight excluding hydrogens is 504 g/mol. The van der Waals surface area contributed by atoms with Crippen LogP contribution in [-0.4, -0.2) is 32.0 Å². The number of carbonyl (C=O) groups is 1. The molecule has 0 spiro atoms. The van der Waals surface area contributed by atoms with E-state index in [-0.39, 0.29) is 23.0 Å². The number of phenols is 1. The van der Waals surface area contributed by atoms with E-state index in [0.717, 1.165) is 58.3 Å². The van der Waals surface area contributed by atoms with Gasteiger partial charge < -0.3 is 5.11 Å². The smallest absolute Gasteiger partial charge is 0.267 e. The van der Waals surface area contributed by atoms with Gasteiger partial charge in [-0.15, -0.1) is 11.3 Å². The van der Waals surface area contributed by atoms with Crippen molar-refractivity contribution >= 4 is 44.9 Å². The van der Waals surface area contributed by atoms with Crippen LogP contribution in [0.3, 0.4) is 0 Å². The van der Waals surface area contributed by atoms with Gasteiger partial charge in [-0.3, -0.25) is 14.2 Å². The van der Waals surface area contributed by atoms with E-state index in [9.17, 15) is 14.7 Å². The van der Waals surface area contributed by atoms with Crippen molar-refractivity contribution in [2.45, 2.75) is 51.1 Å². The fourth-order valence-corrected chi connectivity index (χ4v) is 6.61. The Kier molecular flexibility index (Phi) is 7.43. The monoisotopic (exact) mass is 532 g/mol. The number of nitrogens with one attached hydrogen (secondary N) is 1. The first-order valence-corrected chi connectivity index (χ1v) is 14.2. The number of rotatable bonds is 7. The normalized spacial score (nSPS) is 13.5. The number of amides is 1. The molecule has 0 atom stereocenters. The topological polar surface area (TPSA) is 96.6 Å². The molecule has 4 aromatic rings. The Balaban J connectivity index is 1.44. The van der Waals surface area contributed by atoms with Crippen LogP contribution in [-0.2, 0) is 17.6 Å². The highest BCUT2D eigenvalue weighted by Crippen LogP contribution is 2.35. The van der Waals surface area contributed by atoms with Crippen molar-refractivity contribution < 1.29 is 9.90 Å². The van der Waals surface area contributed by atoms with Gasteiger partial charge in [-0.05, 0) is 86.6 Å². The molecule has 2 N–H and O–H groups in total. The Hall–Kier alpha value is -3.43. The highest BCUT2D eigenvalue weighted by Gasteiger charge is 2.23. The molecule has 37 heavy (non-hydrogen) atoms. The van der Waals surface area contributed by atoms with Gasteiger partial charge in [-0.2, -0.15) is 5.10 Å². The molecule has 7 nitrogen and oxygen atoms in total. The molecule has 2 aromatic carbocycles. The summed E-state index contributed by atoms with van der Waals surface area (Å²) < 4.78 is 1.64. The molecule has 0 saturated heterocycles. The standard InChI is InChI=1S/C28H28N4O3S2/c1-3-22(18-10-14-20(33)15-11-18)30-31-24(34)16-36-28-29-26-25(21-6-4-5-7-23(21)37-26)27(35)32(28)19-12-8-17(2)9-13-19/h8-15,33H,3-7,16H2,1-2H3,(H,31,34)/b30-22-. The second-order valence-electron chi connectivity index (χ2n) is 9.04. The number of aromatic hydroxyl groups is 1. The minimum Gasteiger partial charge on any atom is -0.508 e. The molecule has 0 unspecified atom stereocenters. The number of hydrogen-bond acceptors (Lipinski definition) is 7. The Morgan fingerprint density at radius 3 is 2.59 bits per heavy atom. The van der Waals surface area contributed by atoms with Crippen LogP contribution in [0.25, 0.3) is 15.9 Å². The van der Waals surface area contributed by atoms with Crippen LogP contribution in [0.1, 0.15) is 47.8 Å². The molecule has 1 amide bonds. The summed E-state index contributed by atoms with van der Waals surface area (Å²) in [4.78, 5) is 33.5. The predicted octanol–water partition coefficient (Wildman–Crippen LogP) is 5.36. The van der Waals surface area contributed by atoms with Crippen LogP contribution in [0.2, 0.25) is 0 Å². The first kappa shape index (κ1) is 25.2. The molecule has 190 valence electrons. The Bertz CT molecular complexity index is 1540. The molecule has 1 aliphatic carbocycles. The van der Waals surface area contributed by atoms with Crippen LogP contribution >= 0.6 is 23.1 Å². The number of thiophene rings is 1. The van der Waals surface area contributed by atoms with E-state index in [4.69, 9.17) is 4.98 Å². The predicted molar refractivity (Wildman–Crippen MR) is 150 cm³/mol. The zero-order valence-corrected chi connectivity index (χ0v) is 22.4. The lowest BCUT2D eigenvalue weighted by Gasteiger charge is -2.13. The van der Waals surface area contributed by atoms with E-state index in [1.165, 1.54) is 16.6 Å². The Morgan fingerprint density at radius 2 is 1.86 bits per heavy atom. The molecule has 0 radical (unpaired) electrons. The molecule has 0 saturated carbocycles. The number of hydrogen-bond donors (Lipinski definition) is 2. The molecule has 0 fully saturated rings. The van der Waals surface area contributed by atoms with Crippen molar-refractivity contribution in [1.82, 2.24) is 15.0 Å². The van der Waals surface area contributed by atoms with E-state index in [0.29, 0.717) is 17.3 Å². The van der Waals surface area contributed by atoms with E-state index >= 15 is 0 Å². The van der Waals surface area contributed by atoms with Gasteiger partial charge in [0.05, 0.1) is 22.5 Å². The minimum atomic E-state index is -0.287. The van der Waals surface area contributed by atoms with Crippen LogP contribution in [0.5, 0.6) is 5.75 Å². The quantitative estimate of drug-likeness (QED) is 0.145. The van der Waals surface area contributed by atoms with E-state index < -0.39 is 0 Å². The van der Waals surface area contributed by atoms with Crippen molar-refractivity contribution in [2.75, 3.05) is 5.75 Å². The highest BCUT2D eigenvalue weighted by atomic mass is 32.2. The third-order valence-corrected chi connectivity index (χ3v) is 8.56. The Labute approximate surface area is 223 Å². The van der Waals surface area contributed by atoms with Crippen molar-refractivity contribution in [1.29, 1.82) is 0 Å².